The van der Waals surface area contributed by atoms with Crippen LogP contribution in [0.3, 0.4) is 0 Å². The molecule has 0 saturated carbocycles. The van der Waals surface area contributed by atoms with Crippen molar-refractivity contribution in [2.24, 2.45) is 4.99 Å². The van der Waals surface area contributed by atoms with Crippen LogP contribution in [0.2, 0.25) is 0 Å². The van der Waals surface area contributed by atoms with E-state index in [1.165, 1.54) is 0 Å². The second kappa shape index (κ2) is 6.16. The molecule has 4 rings (SSSR count). The predicted molar refractivity (Wildman–Crippen MR) is 95.0 cm³/mol. The Morgan fingerprint density at radius 1 is 1.46 bits per heavy atom. The van der Waals surface area contributed by atoms with E-state index >= 15 is 0 Å². The van der Waals surface area contributed by atoms with Crippen molar-refractivity contribution in [3.05, 3.63) is 41.0 Å². The molecule has 0 radical (unpaired) electrons. The van der Waals surface area contributed by atoms with Gasteiger partial charge in [-0.25, -0.2) is 4.98 Å². The molecule has 1 fully saturated rings. The molecule has 3 atom stereocenters. The Morgan fingerprint density at radius 2 is 2.38 bits per heavy atom. The molecular formula is C17H24N6O. The van der Waals surface area contributed by atoms with E-state index in [-0.39, 0.29) is 12.3 Å². The van der Waals surface area contributed by atoms with Crippen LogP contribution in [0.5, 0.6) is 0 Å². The number of aromatic nitrogens is 1. The van der Waals surface area contributed by atoms with E-state index in [0.717, 1.165) is 37.3 Å². The van der Waals surface area contributed by atoms with E-state index in [9.17, 15) is 5.21 Å². The molecule has 0 aromatic carbocycles. The number of rotatable bonds is 3. The second-order valence-electron chi connectivity index (χ2n) is 6.66. The molecule has 7 heteroatoms. The van der Waals surface area contributed by atoms with Crippen molar-refractivity contribution in [3.63, 3.8) is 0 Å². The van der Waals surface area contributed by atoms with E-state index in [0.29, 0.717) is 18.9 Å². The van der Waals surface area contributed by atoms with Crippen LogP contribution in [-0.4, -0.2) is 54.6 Å². The number of quaternary nitrogens is 1. The predicted octanol–water partition coefficient (Wildman–Crippen LogP) is 1.14. The smallest absolute Gasteiger partial charge is 0.227 e. The maximum Gasteiger partial charge on any atom is 0.227 e. The van der Waals surface area contributed by atoms with Crippen LogP contribution in [0.4, 0.5) is 5.82 Å². The van der Waals surface area contributed by atoms with Gasteiger partial charge >= 0.3 is 0 Å². The summed E-state index contributed by atoms with van der Waals surface area (Å²) < 4.78 is -0.416. The molecule has 1 aromatic heterocycles. The molecule has 0 bridgehead atoms. The van der Waals surface area contributed by atoms with Crippen molar-refractivity contribution < 1.29 is 0 Å². The van der Waals surface area contributed by atoms with Crippen molar-refractivity contribution in [3.8, 4) is 0 Å². The summed E-state index contributed by atoms with van der Waals surface area (Å²) in [5, 5.41) is 20.4. The molecular weight excluding hydrogens is 304 g/mol. The number of pyridine rings is 1. The van der Waals surface area contributed by atoms with Gasteiger partial charge in [0.2, 0.25) is 5.82 Å². The van der Waals surface area contributed by atoms with E-state index in [2.05, 4.69) is 32.4 Å². The molecule has 7 nitrogen and oxygen atoms in total. The number of hydrogen-bond donors (Lipinski definition) is 2. The minimum atomic E-state index is -0.416. The summed E-state index contributed by atoms with van der Waals surface area (Å²) in [6.45, 7) is 4.80. The van der Waals surface area contributed by atoms with Crippen molar-refractivity contribution in [1.82, 2.24) is 25.2 Å². The second-order valence-corrected chi connectivity index (χ2v) is 6.66. The van der Waals surface area contributed by atoms with E-state index in [1.807, 2.05) is 24.4 Å². The van der Waals surface area contributed by atoms with Crippen LogP contribution in [-0.2, 0) is 0 Å². The lowest BCUT2D eigenvalue weighted by atomic mass is 10.2. The third-order valence-corrected chi connectivity index (χ3v) is 5.02. The molecule has 0 spiro atoms. The lowest BCUT2D eigenvalue weighted by Gasteiger charge is -2.41. The highest BCUT2D eigenvalue weighted by molar-refractivity contribution is 5.82. The number of hydroxylamine groups is 2. The monoisotopic (exact) mass is 328 g/mol. The fourth-order valence-corrected chi connectivity index (χ4v) is 3.93. The molecule has 0 aliphatic carbocycles. The standard InChI is InChI=1S/C17H24N6O/c1-2-18-17-20-10-13-11-23(24,15-7-3-4-8-19-15)12-14-6-5-9-22(14)16(13)21-17/h3-4,7-8,10,14,17-18,21H,2,5-6,9,11-12H2,1H3/t14?,17-,23?/m0/s1. The first kappa shape index (κ1) is 15.6. The van der Waals surface area contributed by atoms with Crippen molar-refractivity contribution >= 4 is 12.0 Å². The Kier molecular flexibility index (Phi) is 3.99. The summed E-state index contributed by atoms with van der Waals surface area (Å²) in [7, 11) is 0. The zero-order valence-corrected chi connectivity index (χ0v) is 14.0. The summed E-state index contributed by atoms with van der Waals surface area (Å²) in [5.41, 5.74) is 0.981. The lowest BCUT2D eigenvalue weighted by Crippen LogP contribution is -2.50. The van der Waals surface area contributed by atoms with Crippen LogP contribution in [0.15, 0.2) is 40.8 Å². The van der Waals surface area contributed by atoms with E-state index in [1.54, 1.807) is 6.20 Å². The third-order valence-electron chi connectivity index (χ3n) is 5.02. The molecule has 1 saturated heterocycles. The van der Waals surface area contributed by atoms with Gasteiger partial charge in [-0.2, -0.15) is 0 Å². The normalized spacial score (nSPS) is 32.2. The molecule has 2 N–H and O–H groups in total. The number of fused-ring (bicyclic) bond motifs is 2. The largest absolute Gasteiger partial charge is 0.626 e. The van der Waals surface area contributed by atoms with Crippen LogP contribution in [0.25, 0.3) is 0 Å². The highest BCUT2D eigenvalue weighted by atomic mass is 16.5. The van der Waals surface area contributed by atoms with Crippen LogP contribution >= 0.6 is 0 Å². The zero-order chi connectivity index (χ0) is 16.6. The van der Waals surface area contributed by atoms with E-state index < -0.39 is 4.65 Å². The Bertz CT molecular complexity index is 660. The Hall–Kier alpha value is -1.96. The molecule has 128 valence electrons. The van der Waals surface area contributed by atoms with Crippen molar-refractivity contribution in [1.29, 1.82) is 0 Å². The maximum absolute atomic E-state index is 13.7. The molecule has 2 unspecified atom stereocenters. The first-order valence-corrected chi connectivity index (χ1v) is 8.72. The molecule has 0 amide bonds. The van der Waals surface area contributed by atoms with Gasteiger partial charge in [0, 0.05) is 25.0 Å². The molecule has 1 aromatic rings. The lowest BCUT2D eigenvalue weighted by molar-refractivity contribution is 0.248. The maximum atomic E-state index is 13.7. The third kappa shape index (κ3) is 2.68. The summed E-state index contributed by atoms with van der Waals surface area (Å²) in [6.07, 6.45) is 5.63. The van der Waals surface area contributed by atoms with Gasteiger partial charge in [-0.3, -0.25) is 10.3 Å². The van der Waals surface area contributed by atoms with Gasteiger partial charge in [0.05, 0.1) is 11.6 Å². The SMILES string of the molecule is CCN[C@H]1N=CC2=C(N1)N1CCCC1C[N+]([O-])(c1ccccn1)C2. The van der Waals surface area contributed by atoms with Gasteiger partial charge in [-0.15, -0.1) is 0 Å². The van der Waals surface area contributed by atoms with Gasteiger partial charge < -0.3 is 20.1 Å². The van der Waals surface area contributed by atoms with Gasteiger partial charge in [0.15, 0.2) is 6.29 Å². The van der Waals surface area contributed by atoms with Crippen LogP contribution in [0.1, 0.15) is 19.8 Å². The van der Waals surface area contributed by atoms with Gasteiger partial charge in [-0.05, 0) is 25.5 Å². The summed E-state index contributed by atoms with van der Waals surface area (Å²) >= 11 is 0. The Labute approximate surface area is 142 Å². The topological polar surface area (TPSA) is 75.6 Å². The minimum Gasteiger partial charge on any atom is -0.626 e. The number of nitrogens with zero attached hydrogens (tertiary/aromatic N) is 4. The minimum absolute atomic E-state index is 0.114. The average molecular weight is 328 g/mol. The fraction of sp³-hybridized carbons (Fsp3) is 0.529. The summed E-state index contributed by atoms with van der Waals surface area (Å²) in [5.74, 6) is 1.66. The van der Waals surface area contributed by atoms with Gasteiger partial charge in [0.1, 0.15) is 18.9 Å². The Morgan fingerprint density at radius 3 is 3.17 bits per heavy atom. The van der Waals surface area contributed by atoms with Crippen molar-refractivity contribution in [2.75, 3.05) is 26.2 Å². The van der Waals surface area contributed by atoms with Crippen molar-refractivity contribution in [2.45, 2.75) is 32.1 Å². The Balaban J connectivity index is 1.70. The molecule has 3 aliphatic heterocycles. The first-order chi connectivity index (χ1) is 11.7. The zero-order valence-electron chi connectivity index (χ0n) is 14.0. The van der Waals surface area contributed by atoms with Crippen LogP contribution in [0, 0.1) is 5.21 Å². The molecule has 4 heterocycles. The average Bonchev–Trinajstić information content (AvgIpc) is 3.00. The molecule has 24 heavy (non-hydrogen) atoms. The number of nitrogens with one attached hydrogen (secondary N) is 2. The molecule has 3 aliphatic rings. The van der Waals surface area contributed by atoms with E-state index in [4.69, 9.17) is 0 Å². The summed E-state index contributed by atoms with van der Waals surface area (Å²) in [4.78, 5) is 11.2. The highest BCUT2D eigenvalue weighted by Gasteiger charge is 2.40. The van der Waals surface area contributed by atoms with Gasteiger partial charge in [-0.1, -0.05) is 13.0 Å². The number of aliphatic imine (C=N–C) groups is 1. The quantitative estimate of drug-likeness (QED) is 0.643. The fourth-order valence-electron chi connectivity index (χ4n) is 3.93. The highest BCUT2D eigenvalue weighted by Crippen LogP contribution is 2.33. The van der Waals surface area contributed by atoms with Crippen LogP contribution < -0.4 is 15.3 Å². The number of hydrogen-bond acceptors (Lipinski definition) is 6. The summed E-state index contributed by atoms with van der Waals surface area (Å²) in [6, 6.07) is 5.83. The van der Waals surface area contributed by atoms with Gasteiger partial charge in [0.25, 0.3) is 0 Å². The first-order valence-electron chi connectivity index (χ1n) is 8.72.